The van der Waals surface area contributed by atoms with Crippen molar-refractivity contribution in [3.05, 3.63) is 119 Å². The molecule has 0 amide bonds. The maximum absolute atomic E-state index is 6.22. The first-order valence-electron chi connectivity index (χ1n) is 13.3. The minimum absolute atomic E-state index is 0.203. The lowest BCUT2D eigenvalue weighted by Crippen LogP contribution is -2.12. The Kier molecular flexibility index (Phi) is 5.01. The summed E-state index contributed by atoms with van der Waals surface area (Å²) in [5.74, 6) is 2.32. The molecule has 0 fully saturated rings. The molecule has 7 rings (SSSR count). The van der Waals surface area contributed by atoms with Gasteiger partial charge < -0.3 is 4.42 Å². The smallest absolute Gasteiger partial charge is 0.222 e. The van der Waals surface area contributed by atoms with Crippen LogP contribution in [0.2, 0.25) is 0 Å². The first kappa shape index (κ1) is 22.3. The molecule has 1 aromatic heterocycles. The van der Waals surface area contributed by atoms with E-state index >= 15 is 0 Å². The fourth-order valence-corrected chi connectivity index (χ4v) is 6.14. The minimum Gasteiger partial charge on any atom is -0.436 e. The van der Waals surface area contributed by atoms with E-state index in [1.165, 1.54) is 38.6 Å². The second-order valence-electron chi connectivity index (χ2n) is 11.6. The van der Waals surface area contributed by atoms with E-state index in [2.05, 4.69) is 98.6 Å². The molecule has 182 valence electrons. The molecule has 0 bridgehead atoms. The van der Waals surface area contributed by atoms with Gasteiger partial charge in [0.1, 0.15) is 0 Å². The maximum Gasteiger partial charge on any atom is 0.222 e. The Morgan fingerprint density at radius 3 is 2.51 bits per heavy atom. The van der Waals surface area contributed by atoms with Crippen LogP contribution in [-0.2, 0) is 0 Å². The minimum atomic E-state index is 0.203. The zero-order valence-electron chi connectivity index (χ0n) is 21.7. The van der Waals surface area contributed by atoms with E-state index in [0.29, 0.717) is 11.8 Å². The van der Waals surface area contributed by atoms with Crippen LogP contribution in [0.25, 0.3) is 39.8 Å². The van der Waals surface area contributed by atoms with Gasteiger partial charge >= 0.3 is 0 Å². The third-order valence-electron chi connectivity index (χ3n) is 8.13. The molecule has 3 aliphatic rings. The van der Waals surface area contributed by atoms with Crippen molar-refractivity contribution in [2.45, 2.75) is 45.4 Å². The van der Waals surface area contributed by atoms with Gasteiger partial charge in [-0.25, -0.2) is 4.98 Å². The molecule has 1 heterocycles. The highest BCUT2D eigenvalue weighted by Gasteiger charge is 2.28. The van der Waals surface area contributed by atoms with Crippen molar-refractivity contribution in [3.63, 3.8) is 0 Å². The van der Waals surface area contributed by atoms with E-state index in [0.717, 1.165) is 35.6 Å². The Morgan fingerprint density at radius 2 is 1.73 bits per heavy atom. The fraction of sp³-hybridized carbons (Fsp3) is 0.229. The number of aromatic nitrogens is 1. The summed E-state index contributed by atoms with van der Waals surface area (Å²) in [5, 5.41) is 2.76. The average Bonchev–Trinajstić information content (AvgIpc) is 3.42. The van der Waals surface area contributed by atoms with Crippen molar-refractivity contribution in [2.75, 3.05) is 0 Å². The average molecular weight is 482 g/mol. The van der Waals surface area contributed by atoms with Gasteiger partial charge in [0.05, 0.1) is 6.20 Å². The third-order valence-corrected chi connectivity index (χ3v) is 8.13. The largest absolute Gasteiger partial charge is 0.436 e. The Labute approximate surface area is 218 Å². The van der Waals surface area contributed by atoms with Crippen LogP contribution < -0.4 is 0 Å². The zero-order valence-corrected chi connectivity index (χ0v) is 21.7. The second-order valence-corrected chi connectivity index (χ2v) is 11.6. The highest BCUT2D eigenvalue weighted by molar-refractivity contribution is 6.01. The summed E-state index contributed by atoms with van der Waals surface area (Å²) in [6.07, 6.45) is 18.0. The SMILES string of the molecule is CC(C)(C)C1=CCC(c2cc3c4c5c(ccc4c2)C=C(c2ncc(-c4ccccc4)o2)CC5C=C3)C=C1. The quantitative estimate of drug-likeness (QED) is 0.291. The summed E-state index contributed by atoms with van der Waals surface area (Å²) < 4.78 is 6.22. The van der Waals surface area contributed by atoms with E-state index in [9.17, 15) is 0 Å². The summed E-state index contributed by atoms with van der Waals surface area (Å²) in [4.78, 5) is 4.65. The lowest BCUT2D eigenvalue weighted by molar-refractivity contribution is 0.510. The molecule has 0 saturated carbocycles. The fourth-order valence-electron chi connectivity index (χ4n) is 6.14. The van der Waals surface area contributed by atoms with Crippen molar-refractivity contribution in [1.29, 1.82) is 0 Å². The molecule has 2 heteroatoms. The summed E-state index contributed by atoms with van der Waals surface area (Å²) in [5.41, 5.74) is 9.35. The van der Waals surface area contributed by atoms with Crippen LogP contribution in [0.4, 0.5) is 0 Å². The van der Waals surface area contributed by atoms with Crippen molar-refractivity contribution in [3.8, 4) is 11.3 Å². The van der Waals surface area contributed by atoms with Crippen LogP contribution in [0.3, 0.4) is 0 Å². The van der Waals surface area contributed by atoms with Crippen molar-refractivity contribution >= 4 is 28.5 Å². The number of hydrogen-bond acceptors (Lipinski definition) is 2. The first-order chi connectivity index (χ1) is 17.9. The predicted molar refractivity (Wildman–Crippen MR) is 154 cm³/mol. The standard InChI is InChI=1S/C35H31NO/c1-35(2,3)30-15-13-22(14-16-30)28-17-24-9-11-26-19-29(20-27-12-10-25(18-28)32(24)33(26)27)34-36-21-31(37-34)23-7-5-4-6-8-23/h4-13,15-19,21-22,27H,14,20H2,1-3H3. The monoisotopic (exact) mass is 481 g/mol. The molecule has 2 nitrogen and oxygen atoms in total. The Hall–Kier alpha value is -3.91. The summed E-state index contributed by atoms with van der Waals surface area (Å²) >= 11 is 0. The number of allylic oxidation sites excluding steroid dienone is 6. The van der Waals surface area contributed by atoms with Gasteiger partial charge in [-0.3, -0.25) is 0 Å². The van der Waals surface area contributed by atoms with Crippen LogP contribution in [-0.4, -0.2) is 4.98 Å². The van der Waals surface area contributed by atoms with E-state index < -0.39 is 0 Å². The van der Waals surface area contributed by atoms with Crippen molar-refractivity contribution < 1.29 is 4.42 Å². The van der Waals surface area contributed by atoms with Crippen LogP contribution in [0, 0.1) is 5.41 Å². The van der Waals surface area contributed by atoms with Gasteiger partial charge in [0.2, 0.25) is 5.89 Å². The number of nitrogens with zero attached hydrogens (tertiary/aromatic N) is 1. The van der Waals surface area contributed by atoms with Crippen LogP contribution >= 0.6 is 0 Å². The topological polar surface area (TPSA) is 26.0 Å². The number of hydrogen-bond donors (Lipinski definition) is 0. The molecule has 0 aliphatic heterocycles. The van der Waals surface area contributed by atoms with Crippen molar-refractivity contribution in [2.24, 2.45) is 5.41 Å². The normalized spacial score (nSPS) is 20.2. The molecule has 0 saturated heterocycles. The molecule has 0 radical (unpaired) electrons. The Morgan fingerprint density at radius 1 is 0.892 bits per heavy atom. The van der Waals surface area contributed by atoms with Gasteiger partial charge in [-0.2, -0.15) is 0 Å². The summed E-state index contributed by atoms with van der Waals surface area (Å²) in [6, 6.07) is 19.6. The van der Waals surface area contributed by atoms with Gasteiger partial charge in [-0.1, -0.05) is 106 Å². The molecule has 0 spiro atoms. The molecule has 2 unspecified atom stereocenters. The van der Waals surface area contributed by atoms with Gasteiger partial charge in [-0.15, -0.1) is 0 Å². The van der Waals surface area contributed by atoms with E-state index in [1.54, 1.807) is 0 Å². The Bertz CT molecular complexity index is 1650. The number of oxazole rings is 1. The highest BCUT2D eigenvalue weighted by Crippen LogP contribution is 2.47. The molecular formula is C35H31NO. The molecule has 2 atom stereocenters. The third kappa shape index (κ3) is 3.83. The van der Waals surface area contributed by atoms with Crippen LogP contribution in [0.5, 0.6) is 0 Å². The summed E-state index contributed by atoms with van der Waals surface area (Å²) in [7, 11) is 0. The Balaban J connectivity index is 1.24. The predicted octanol–water partition coefficient (Wildman–Crippen LogP) is 9.57. The van der Waals surface area contributed by atoms with Gasteiger partial charge in [0.15, 0.2) is 5.76 Å². The van der Waals surface area contributed by atoms with E-state index in [-0.39, 0.29) is 5.41 Å². The lowest BCUT2D eigenvalue weighted by Gasteiger charge is -2.29. The molecule has 0 N–H and O–H groups in total. The molecule has 3 aromatic carbocycles. The van der Waals surface area contributed by atoms with Crippen LogP contribution in [0.1, 0.15) is 73.6 Å². The first-order valence-corrected chi connectivity index (χ1v) is 13.3. The molecular weight excluding hydrogens is 450 g/mol. The second kappa shape index (κ2) is 8.31. The molecule has 4 aromatic rings. The maximum atomic E-state index is 6.22. The molecule has 37 heavy (non-hydrogen) atoms. The lowest BCUT2D eigenvalue weighted by atomic mass is 9.75. The van der Waals surface area contributed by atoms with E-state index in [1.807, 2.05) is 24.4 Å². The van der Waals surface area contributed by atoms with Gasteiger partial charge in [0, 0.05) is 23.0 Å². The number of benzene rings is 3. The summed E-state index contributed by atoms with van der Waals surface area (Å²) in [6.45, 7) is 6.87. The van der Waals surface area contributed by atoms with Gasteiger partial charge in [0.25, 0.3) is 0 Å². The number of rotatable bonds is 3. The van der Waals surface area contributed by atoms with Crippen LogP contribution in [0.15, 0.2) is 95.1 Å². The van der Waals surface area contributed by atoms with Gasteiger partial charge in [-0.05, 0) is 62.9 Å². The highest BCUT2D eigenvalue weighted by atomic mass is 16.4. The van der Waals surface area contributed by atoms with Crippen molar-refractivity contribution in [1.82, 2.24) is 4.98 Å². The molecule has 3 aliphatic carbocycles. The zero-order chi connectivity index (χ0) is 25.1. The van der Waals surface area contributed by atoms with E-state index in [4.69, 9.17) is 4.42 Å².